The maximum absolute atomic E-state index is 5.86. The molecule has 0 aliphatic carbocycles. The Labute approximate surface area is 130 Å². The second-order valence-electron chi connectivity index (χ2n) is 6.52. The minimum absolute atomic E-state index is 0.510. The predicted molar refractivity (Wildman–Crippen MR) is 85.3 cm³/mol. The van der Waals surface area contributed by atoms with Gasteiger partial charge in [0.1, 0.15) is 0 Å². The molecule has 0 aromatic carbocycles. The molecule has 2 fully saturated rings. The normalized spacial score (nSPS) is 28.2. The molecule has 0 spiro atoms. The fraction of sp³-hybridized carbons (Fsp3) is 0.889. The van der Waals surface area contributed by atoms with Crippen molar-refractivity contribution in [1.29, 1.82) is 0 Å². The van der Waals surface area contributed by atoms with E-state index in [4.69, 9.17) is 14.2 Å². The van der Waals surface area contributed by atoms with Crippen LogP contribution >= 0.6 is 0 Å². The van der Waals surface area contributed by atoms with E-state index in [1.165, 1.54) is 25.7 Å². The second-order valence-corrected chi connectivity index (χ2v) is 6.52. The van der Waals surface area contributed by atoms with Crippen LogP contribution in [-0.4, -0.2) is 31.5 Å². The Bertz CT molecular complexity index is 312. The van der Waals surface area contributed by atoms with Crippen molar-refractivity contribution in [3.05, 3.63) is 12.3 Å². The van der Waals surface area contributed by atoms with E-state index in [-0.39, 0.29) is 0 Å². The van der Waals surface area contributed by atoms with Crippen LogP contribution in [0.5, 0.6) is 0 Å². The van der Waals surface area contributed by atoms with Crippen LogP contribution in [0.25, 0.3) is 0 Å². The monoisotopic (exact) mass is 296 g/mol. The molecule has 2 aliphatic rings. The predicted octanol–water partition coefficient (Wildman–Crippen LogP) is 4.46. The fourth-order valence-electron chi connectivity index (χ4n) is 2.87. The summed E-state index contributed by atoms with van der Waals surface area (Å²) in [5.41, 5.74) is 0. The van der Waals surface area contributed by atoms with Crippen molar-refractivity contribution in [1.82, 2.24) is 0 Å². The van der Waals surface area contributed by atoms with Crippen LogP contribution in [0.3, 0.4) is 0 Å². The van der Waals surface area contributed by atoms with Crippen molar-refractivity contribution in [3.63, 3.8) is 0 Å². The van der Waals surface area contributed by atoms with Crippen molar-refractivity contribution in [2.45, 2.75) is 83.5 Å². The molecule has 4 unspecified atom stereocenters. The van der Waals surface area contributed by atoms with E-state index < -0.39 is 0 Å². The zero-order valence-electron chi connectivity index (χ0n) is 13.8. The van der Waals surface area contributed by atoms with Crippen molar-refractivity contribution < 1.29 is 14.2 Å². The molecule has 0 N–H and O–H groups in total. The van der Waals surface area contributed by atoms with Crippen LogP contribution in [0.15, 0.2) is 12.3 Å². The van der Waals surface area contributed by atoms with Crippen molar-refractivity contribution in [3.8, 4) is 0 Å². The third-order valence-electron chi connectivity index (χ3n) is 4.68. The van der Waals surface area contributed by atoms with Gasteiger partial charge in [-0.3, -0.25) is 0 Å². The number of epoxide rings is 2. The zero-order chi connectivity index (χ0) is 15.1. The number of allylic oxidation sites excluding steroid dienone is 1. The van der Waals surface area contributed by atoms with E-state index in [2.05, 4.69) is 20.4 Å². The van der Waals surface area contributed by atoms with Gasteiger partial charge in [0.2, 0.25) is 0 Å². The molecule has 3 heteroatoms. The number of hydrogen-bond donors (Lipinski definition) is 0. The molecular formula is C18H32O3. The molecule has 0 aromatic rings. The molecule has 0 radical (unpaired) electrons. The lowest BCUT2D eigenvalue weighted by molar-refractivity contribution is 0.148. The standard InChI is InChI=1S/C18H32O3/c1-4-15(9-7-10-16-13-20-16)12-19-14(3)8-6-11-18-17(5-2)21-18/h15-18H,3-13H2,1-2H3. The lowest BCUT2D eigenvalue weighted by Gasteiger charge is -2.17. The van der Waals surface area contributed by atoms with Crippen LogP contribution < -0.4 is 0 Å². The average Bonchev–Trinajstić information content (AvgIpc) is 3.37. The largest absolute Gasteiger partial charge is 0.498 e. The van der Waals surface area contributed by atoms with Gasteiger partial charge in [-0.2, -0.15) is 0 Å². The Balaban J connectivity index is 1.45. The van der Waals surface area contributed by atoms with Gasteiger partial charge in [-0.1, -0.05) is 33.3 Å². The smallest absolute Gasteiger partial charge is 0.0905 e. The summed E-state index contributed by atoms with van der Waals surface area (Å²) in [7, 11) is 0. The topological polar surface area (TPSA) is 34.3 Å². The molecule has 21 heavy (non-hydrogen) atoms. The van der Waals surface area contributed by atoms with E-state index in [9.17, 15) is 0 Å². The van der Waals surface area contributed by atoms with E-state index >= 15 is 0 Å². The van der Waals surface area contributed by atoms with Gasteiger partial charge < -0.3 is 14.2 Å². The second kappa shape index (κ2) is 8.79. The average molecular weight is 296 g/mol. The van der Waals surface area contributed by atoms with E-state index in [1.54, 1.807) is 0 Å². The molecule has 4 atom stereocenters. The minimum atomic E-state index is 0.510. The van der Waals surface area contributed by atoms with E-state index in [0.29, 0.717) is 24.2 Å². The van der Waals surface area contributed by atoms with Gasteiger partial charge in [-0.05, 0) is 38.0 Å². The Hall–Kier alpha value is -0.540. The summed E-state index contributed by atoms with van der Waals surface area (Å²) in [5, 5.41) is 0. The fourth-order valence-corrected chi connectivity index (χ4v) is 2.87. The van der Waals surface area contributed by atoms with Crippen LogP contribution in [0, 0.1) is 5.92 Å². The summed E-state index contributed by atoms with van der Waals surface area (Å²) >= 11 is 0. The lowest BCUT2D eigenvalue weighted by Crippen LogP contribution is -2.09. The quantitative estimate of drug-likeness (QED) is 0.372. The first-order chi connectivity index (χ1) is 10.2. The molecule has 0 aromatic heterocycles. The molecule has 0 amide bonds. The SMILES string of the molecule is C=C(CCCC1OC1CC)OCC(CC)CCCC1CO1. The summed E-state index contributed by atoms with van der Waals surface area (Å²) in [6, 6.07) is 0. The van der Waals surface area contributed by atoms with Crippen molar-refractivity contribution >= 4 is 0 Å². The molecule has 122 valence electrons. The van der Waals surface area contributed by atoms with Crippen LogP contribution in [0.1, 0.15) is 65.2 Å². The van der Waals surface area contributed by atoms with Crippen molar-refractivity contribution in [2.75, 3.05) is 13.2 Å². The highest BCUT2D eigenvalue weighted by Crippen LogP contribution is 2.30. The molecule has 2 rings (SSSR count). The van der Waals surface area contributed by atoms with E-state index in [0.717, 1.165) is 44.7 Å². The highest BCUT2D eigenvalue weighted by molar-refractivity contribution is 4.87. The highest BCUT2D eigenvalue weighted by Gasteiger charge is 2.35. The maximum Gasteiger partial charge on any atom is 0.0905 e. The van der Waals surface area contributed by atoms with Gasteiger partial charge >= 0.3 is 0 Å². The van der Waals surface area contributed by atoms with Gasteiger partial charge in [0.25, 0.3) is 0 Å². The Morgan fingerprint density at radius 1 is 1.24 bits per heavy atom. The van der Waals surface area contributed by atoms with Gasteiger partial charge in [-0.25, -0.2) is 0 Å². The lowest BCUT2D eigenvalue weighted by atomic mass is 9.99. The number of ether oxygens (including phenoxy) is 3. The van der Waals surface area contributed by atoms with Gasteiger partial charge in [0.15, 0.2) is 0 Å². The summed E-state index contributed by atoms with van der Waals surface area (Å²) in [5.74, 6) is 1.62. The zero-order valence-corrected chi connectivity index (χ0v) is 13.8. The van der Waals surface area contributed by atoms with Gasteiger partial charge in [-0.15, -0.1) is 0 Å². The summed E-state index contributed by atoms with van der Waals surface area (Å²) in [4.78, 5) is 0. The molecule has 2 aliphatic heterocycles. The first kappa shape index (κ1) is 16.8. The first-order valence-corrected chi connectivity index (χ1v) is 8.80. The van der Waals surface area contributed by atoms with Crippen LogP contribution in [0.2, 0.25) is 0 Å². The first-order valence-electron chi connectivity index (χ1n) is 8.80. The van der Waals surface area contributed by atoms with Crippen LogP contribution in [0.4, 0.5) is 0 Å². The Morgan fingerprint density at radius 3 is 2.67 bits per heavy atom. The molecule has 2 heterocycles. The Morgan fingerprint density at radius 2 is 2.05 bits per heavy atom. The third-order valence-corrected chi connectivity index (χ3v) is 4.68. The van der Waals surface area contributed by atoms with Gasteiger partial charge in [0, 0.05) is 6.42 Å². The van der Waals surface area contributed by atoms with Crippen molar-refractivity contribution in [2.24, 2.45) is 5.92 Å². The maximum atomic E-state index is 5.86. The molecule has 0 saturated carbocycles. The van der Waals surface area contributed by atoms with Gasteiger partial charge in [0.05, 0.1) is 37.3 Å². The summed E-state index contributed by atoms with van der Waals surface area (Å²) in [6.07, 6.45) is 10.9. The van der Waals surface area contributed by atoms with Crippen LogP contribution in [-0.2, 0) is 14.2 Å². The summed E-state index contributed by atoms with van der Waals surface area (Å²) < 4.78 is 16.7. The third kappa shape index (κ3) is 6.84. The number of rotatable bonds is 13. The summed E-state index contributed by atoms with van der Waals surface area (Å²) in [6.45, 7) is 10.3. The molecule has 0 bridgehead atoms. The van der Waals surface area contributed by atoms with E-state index in [1.807, 2.05) is 0 Å². The number of hydrogen-bond acceptors (Lipinski definition) is 3. The molecular weight excluding hydrogens is 264 g/mol. The minimum Gasteiger partial charge on any atom is -0.498 e. The molecule has 2 saturated heterocycles. The molecule has 3 nitrogen and oxygen atoms in total. The highest BCUT2D eigenvalue weighted by atomic mass is 16.6. The Kier molecular flexibility index (Phi) is 7.05.